The van der Waals surface area contributed by atoms with Gasteiger partial charge in [0.25, 0.3) is 0 Å². The highest BCUT2D eigenvalue weighted by molar-refractivity contribution is 5.27. The highest BCUT2D eigenvalue weighted by atomic mass is 14.6. The molecule has 2 heteroatoms. The third-order valence-corrected chi connectivity index (χ3v) is 1.90. The second-order valence-corrected chi connectivity index (χ2v) is 3.01. The zero-order valence-corrected chi connectivity index (χ0v) is 10.2. The van der Waals surface area contributed by atoms with Crippen LogP contribution in [0.15, 0.2) is 53.9 Å². The maximum atomic E-state index is 3.96. The second kappa shape index (κ2) is 9.84. The SMILES string of the molecule is C=N/C=C\C(=C)CCc1ccncc1.CC. The van der Waals surface area contributed by atoms with E-state index in [1.54, 1.807) is 18.6 Å². The highest BCUT2D eigenvalue weighted by Crippen LogP contribution is 2.07. The minimum atomic E-state index is 0.941. The van der Waals surface area contributed by atoms with Gasteiger partial charge in [-0.1, -0.05) is 26.0 Å². The summed E-state index contributed by atoms with van der Waals surface area (Å²) in [4.78, 5) is 7.59. The fourth-order valence-electron chi connectivity index (χ4n) is 1.10. The molecule has 0 amide bonds. The molecule has 0 unspecified atom stereocenters. The smallest absolute Gasteiger partial charge is 0.0270 e. The maximum absolute atomic E-state index is 3.96. The van der Waals surface area contributed by atoms with E-state index in [0.29, 0.717) is 0 Å². The molecule has 0 aromatic carbocycles. The summed E-state index contributed by atoms with van der Waals surface area (Å²) in [5.74, 6) is 0. The van der Waals surface area contributed by atoms with Crippen molar-refractivity contribution < 1.29 is 0 Å². The van der Waals surface area contributed by atoms with Crippen LogP contribution in [0.4, 0.5) is 0 Å². The monoisotopic (exact) mass is 216 g/mol. The minimum Gasteiger partial charge on any atom is -0.273 e. The molecule has 2 nitrogen and oxygen atoms in total. The van der Waals surface area contributed by atoms with Crippen LogP contribution in [0.2, 0.25) is 0 Å². The van der Waals surface area contributed by atoms with E-state index in [1.165, 1.54) is 5.56 Å². The quantitative estimate of drug-likeness (QED) is 0.542. The third kappa shape index (κ3) is 6.71. The molecular weight excluding hydrogens is 196 g/mol. The van der Waals surface area contributed by atoms with Crippen LogP contribution < -0.4 is 0 Å². The van der Waals surface area contributed by atoms with Gasteiger partial charge >= 0.3 is 0 Å². The van der Waals surface area contributed by atoms with Crippen LogP contribution >= 0.6 is 0 Å². The first-order valence-corrected chi connectivity index (χ1v) is 5.52. The molecule has 0 saturated carbocycles. The lowest BCUT2D eigenvalue weighted by atomic mass is 10.1. The maximum Gasteiger partial charge on any atom is 0.0270 e. The molecule has 0 aliphatic rings. The Morgan fingerprint density at radius 2 is 2.00 bits per heavy atom. The van der Waals surface area contributed by atoms with Crippen molar-refractivity contribution in [3.63, 3.8) is 0 Å². The van der Waals surface area contributed by atoms with Crippen molar-refractivity contribution >= 4 is 6.72 Å². The summed E-state index contributed by atoms with van der Waals surface area (Å²) in [7, 11) is 0. The van der Waals surface area contributed by atoms with Gasteiger partial charge in [-0.05, 0) is 43.3 Å². The predicted molar refractivity (Wildman–Crippen MR) is 71.7 cm³/mol. The summed E-state index contributed by atoms with van der Waals surface area (Å²) in [5, 5.41) is 0. The molecular formula is C14H20N2. The number of hydrogen-bond donors (Lipinski definition) is 0. The molecule has 0 saturated heterocycles. The average Bonchev–Trinajstić information content (AvgIpc) is 2.37. The van der Waals surface area contributed by atoms with Gasteiger partial charge in [-0.25, -0.2) is 0 Å². The fraction of sp³-hybridized carbons (Fsp3) is 0.286. The third-order valence-electron chi connectivity index (χ3n) is 1.90. The molecule has 0 radical (unpaired) electrons. The van der Waals surface area contributed by atoms with Gasteiger partial charge in [-0.2, -0.15) is 0 Å². The molecule has 0 bridgehead atoms. The second-order valence-electron chi connectivity index (χ2n) is 3.01. The highest BCUT2D eigenvalue weighted by Gasteiger charge is 1.92. The first kappa shape index (κ1) is 14.3. The van der Waals surface area contributed by atoms with Gasteiger partial charge in [-0.15, -0.1) is 0 Å². The lowest BCUT2D eigenvalue weighted by Gasteiger charge is -1.99. The molecule has 1 rings (SSSR count). The van der Waals surface area contributed by atoms with E-state index in [4.69, 9.17) is 0 Å². The number of aryl methyl sites for hydroxylation is 1. The predicted octanol–water partition coefficient (Wildman–Crippen LogP) is 3.81. The molecule has 86 valence electrons. The van der Waals surface area contributed by atoms with E-state index in [-0.39, 0.29) is 0 Å². The van der Waals surface area contributed by atoms with Gasteiger partial charge in [0.1, 0.15) is 0 Å². The number of nitrogens with zero attached hydrogens (tertiary/aromatic N) is 2. The average molecular weight is 216 g/mol. The van der Waals surface area contributed by atoms with E-state index in [1.807, 2.05) is 32.1 Å². The van der Waals surface area contributed by atoms with Crippen molar-refractivity contribution in [1.29, 1.82) is 0 Å². The molecule has 0 aliphatic heterocycles. The summed E-state index contributed by atoms with van der Waals surface area (Å²) >= 11 is 0. The Bertz CT molecular complexity index is 326. The van der Waals surface area contributed by atoms with Crippen LogP contribution in [-0.4, -0.2) is 11.7 Å². The van der Waals surface area contributed by atoms with E-state index in [9.17, 15) is 0 Å². The van der Waals surface area contributed by atoms with E-state index >= 15 is 0 Å². The number of aliphatic imine (C=N–C) groups is 1. The first-order chi connectivity index (χ1) is 7.83. The lowest BCUT2D eigenvalue weighted by Crippen LogP contribution is -1.86. The summed E-state index contributed by atoms with van der Waals surface area (Å²) in [6.45, 7) is 11.3. The van der Waals surface area contributed by atoms with Crippen molar-refractivity contribution in [1.82, 2.24) is 4.98 Å². The summed E-state index contributed by atoms with van der Waals surface area (Å²) < 4.78 is 0. The van der Waals surface area contributed by atoms with Gasteiger partial charge in [0, 0.05) is 18.6 Å². The van der Waals surface area contributed by atoms with Crippen molar-refractivity contribution in [2.75, 3.05) is 0 Å². The Morgan fingerprint density at radius 1 is 1.38 bits per heavy atom. The number of pyridine rings is 1. The van der Waals surface area contributed by atoms with Crippen LogP contribution in [-0.2, 0) is 6.42 Å². The van der Waals surface area contributed by atoms with Crippen molar-refractivity contribution in [2.45, 2.75) is 26.7 Å². The molecule has 0 fully saturated rings. The Labute approximate surface area is 98.5 Å². The zero-order chi connectivity index (χ0) is 12.2. The Balaban J connectivity index is 0.00000106. The van der Waals surface area contributed by atoms with Crippen molar-refractivity contribution in [3.8, 4) is 0 Å². The van der Waals surface area contributed by atoms with Gasteiger partial charge in [0.05, 0.1) is 0 Å². The fourth-order valence-corrected chi connectivity index (χ4v) is 1.10. The lowest BCUT2D eigenvalue weighted by molar-refractivity contribution is 0.963. The number of allylic oxidation sites excluding steroid dienone is 2. The summed E-state index contributed by atoms with van der Waals surface area (Å²) in [6, 6.07) is 4.03. The van der Waals surface area contributed by atoms with Crippen LogP contribution in [0, 0.1) is 0 Å². The largest absolute Gasteiger partial charge is 0.273 e. The molecule has 1 aromatic rings. The Morgan fingerprint density at radius 3 is 2.56 bits per heavy atom. The molecule has 16 heavy (non-hydrogen) atoms. The number of aromatic nitrogens is 1. The van der Waals surface area contributed by atoms with Gasteiger partial charge in [0.15, 0.2) is 0 Å². The minimum absolute atomic E-state index is 0.941. The zero-order valence-electron chi connectivity index (χ0n) is 10.2. The van der Waals surface area contributed by atoms with Crippen LogP contribution in [0.1, 0.15) is 25.8 Å². The van der Waals surface area contributed by atoms with E-state index in [0.717, 1.165) is 18.4 Å². The van der Waals surface area contributed by atoms with Gasteiger partial charge < -0.3 is 0 Å². The topological polar surface area (TPSA) is 25.2 Å². The van der Waals surface area contributed by atoms with Crippen LogP contribution in [0.25, 0.3) is 0 Å². The molecule has 0 spiro atoms. The normalized spacial score (nSPS) is 9.38. The molecule has 0 N–H and O–H groups in total. The number of rotatable bonds is 5. The Hall–Kier alpha value is -1.70. The Kier molecular flexibility index (Phi) is 8.79. The summed E-state index contributed by atoms with van der Waals surface area (Å²) in [5.41, 5.74) is 2.34. The van der Waals surface area contributed by atoms with Gasteiger partial charge in [-0.3, -0.25) is 9.98 Å². The standard InChI is InChI=1S/C12H14N2.C2H6/c1-11(5-8-13-2)3-4-12-6-9-14-10-7-12;1-2/h5-10H,1-4H2;1-2H3/b8-5-;. The van der Waals surface area contributed by atoms with Crippen molar-refractivity contribution in [2.24, 2.45) is 4.99 Å². The first-order valence-electron chi connectivity index (χ1n) is 5.52. The van der Waals surface area contributed by atoms with E-state index < -0.39 is 0 Å². The van der Waals surface area contributed by atoms with Crippen molar-refractivity contribution in [3.05, 3.63) is 54.5 Å². The molecule has 1 aromatic heterocycles. The van der Waals surface area contributed by atoms with Crippen LogP contribution in [0.3, 0.4) is 0 Å². The number of hydrogen-bond acceptors (Lipinski definition) is 2. The molecule has 0 atom stereocenters. The van der Waals surface area contributed by atoms with Gasteiger partial charge in [0.2, 0.25) is 0 Å². The van der Waals surface area contributed by atoms with E-state index in [2.05, 4.69) is 23.3 Å². The molecule has 1 heterocycles. The molecule has 0 aliphatic carbocycles. The van der Waals surface area contributed by atoms with Crippen LogP contribution in [0.5, 0.6) is 0 Å². The summed E-state index contributed by atoms with van der Waals surface area (Å²) in [6.07, 6.45) is 9.08.